The van der Waals surface area contributed by atoms with Gasteiger partial charge in [-0.25, -0.2) is 0 Å². The molecule has 0 aromatic rings. The van der Waals surface area contributed by atoms with Gasteiger partial charge in [-0.3, -0.25) is 0 Å². The summed E-state index contributed by atoms with van der Waals surface area (Å²) in [5.41, 5.74) is 0.691. The van der Waals surface area contributed by atoms with E-state index in [-0.39, 0.29) is 0 Å². The van der Waals surface area contributed by atoms with Gasteiger partial charge in [0.1, 0.15) is 13.1 Å². The van der Waals surface area contributed by atoms with E-state index in [1.807, 2.05) is 0 Å². The standard InChI is InChI=1S/C7H14N/c1-7(2)5-8(6-7)3-4-8/h3-6H2,1-2H3/q+1. The van der Waals surface area contributed by atoms with Gasteiger partial charge in [-0.2, -0.15) is 0 Å². The molecule has 1 spiro atoms. The minimum absolute atomic E-state index is 0.691. The first-order valence-corrected chi connectivity index (χ1v) is 3.47. The van der Waals surface area contributed by atoms with E-state index in [0.29, 0.717) is 5.41 Å². The molecule has 0 unspecified atom stereocenters. The number of nitrogens with zero attached hydrogens (tertiary/aromatic N) is 1. The van der Waals surface area contributed by atoms with Gasteiger partial charge >= 0.3 is 0 Å². The van der Waals surface area contributed by atoms with Crippen molar-refractivity contribution in [2.75, 3.05) is 26.2 Å². The third kappa shape index (κ3) is 0.510. The molecule has 1 heteroatoms. The quantitative estimate of drug-likeness (QED) is 0.322. The number of rotatable bonds is 0. The van der Waals surface area contributed by atoms with Crippen molar-refractivity contribution in [3.05, 3.63) is 0 Å². The summed E-state index contributed by atoms with van der Waals surface area (Å²) in [6, 6.07) is 0. The monoisotopic (exact) mass is 112 g/mol. The van der Waals surface area contributed by atoms with Crippen molar-refractivity contribution in [1.29, 1.82) is 0 Å². The Balaban J connectivity index is 2.00. The predicted octanol–water partition coefficient (Wildman–Crippen LogP) is 0.857. The molecule has 0 saturated carbocycles. The maximum absolute atomic E-state index is 2.37. The van der Waals surface area contributed by atoms with Gasteiger partial charge in [-0.1, -0.05) is 0 Å². The Kier molecular flexibility index (Phi) is 0.583. The van der Waals surface area contributed by atoms with Gasteiger partial charge in [0.2, 0.25) is 0 Å². The van der Waals surface area contributed by atoms with E-state index in [4.69, 9.17) is 0 Å². The molecule has 2 aliphatic rings. The fourth-order valence-electron chi connectivity index (χ4n) is 2.23. The highest BCUT2D eigenvalue weighted by Crippen LogP contribution is 2.42. The Labute approximate surface area is 50.9 Å². The predicted molar refractivity (Wildman–Crippen MR) is 33.5 cm³/mol. The van der Waals surface area contributed by atoms with E-state index in [9.17, 15) is 0 Å². The van der Waals surface area contributed by atoms with Gasteiger partial charge in [-0.15, -0.1) is 0 Å². The molecule has 0 aromatic heterocycles. The van der Waals surface area contributed by atoms with Crippen LogP contribution in [0.15, 0.2) is 0 Å². The molecule has 46 valence electrons. The molecule has 2 heterocycles. The summed E-state index contributed by atoms with van der Waals surface area (Å²) < 4.78 is 1.47. The summed E-state index contributed by atoms with van der Waals surface area (Å²) in [5, 5.41) is 0. The van der Waals surface area contributed by atoms with Crippen LogP contribution in [0.4, 0.5) is 0 Å². The highest BCUT2D eigenvalue weighted by molar-refractivity contribution is 4.82. The lowest BCUT2D eigenvalue weighted by Crippen LogP contribution is -2.55. The zero-order valence-corrected chi connectivity index (χ0v) is 5.78. The van der Waals surface area contributed by atoms with Crippen LogP contribution in [0.3, 0.4) is 0 Å². The van der Waals surface area contributed by atoms with Crippen molar-refractivity contribution in [2.45, 2.75) is 13.8 Å². The second kappa shape index (κ2) is 0.971. The van der Waals surface area contributed by atoms with Crippen LogP contribution in [-0.2, 0) is 0 Å². The third-order valence-electron chi connectivity index (χ3n) is 2.38. The average Bonchev–Trinajstić information content (AvgIpc) is 2.12. The van der Waals surface area contributed by atoms with Crippen LogP contribution in [0.2, 0.25) is 0 Å². The van der Waals surface area contributed by atoms with Crippen molar-refractivity contribution in [2.24, 2.45) is 5.41 Å². The zero-order chi connectivity index (χ0) is 5.83. The maximum Gasteiger partial charge on any atom is 0.129 e. The molecule has 2 rings (SSSR count). The Morgan fingerprint density at radius 1 is 1.12 bits per heavy atom. The molecule has 0 amide bonds. The van der Waals surface area contributed by atoms with E-state index < -0.39 is 0 Å². The molecular weight excluding hydrogens is 98.1 g/mol. The number of hydrogen-bond donors (Lipinski definition) is 0. The normalized spacial score (nSPS) is 36.8. The molecule has 0 aliphatic carbocycles. The first kappa shape index (κ1) is 4.80. The lowest BCUT2D eigenvalue weighted by Gasteiger charge is -2.42. The summed E-state index contributed by atoms with van der Waals surface area (Å²) in [6.45, 7) is 10.6. The minimum Gasteiger partial charge on any atom is -0.313 e. The molecule has 8 heavy (non-hydrogen) atoms. The summed E-state index contributed by atoms with van der Waals surface area (Å²) in [4.78, 5) is 0. The van der Waals surface area contributed by atoms with Gasteiger partial charge in [-0.05, 0) is 13.8 Å². The maximum atomic E-state index is 2.37. The van der Waals surface area contributed by atoms with Crippen LogP contribution in [0, 0.1) is 5.41 Å². The molecular formula is C7H14N+. The van der Waals surface area contributed by atoms with E-state index in [0.717, 1.165) is 0 Å². The zero-order valence-electron chi connectivity index (χ0n) is 5.78. The highest BCUT2D eigenvalue weighted by atomic mass is 15.5. The van der Waals surface area contributed by atoms with Gasteiger partial charge < -0.3 is 4.48 Å². The van der Waals surface area contributed by atoms with Crippen molar-refractivity contribution in [3.8, 4) is 0 Å². The van der Waals surface area contributed by atoms with Crippen molar-refractivity contribution in [1.82, 2.24) is 0 Å². The molecule has 1 nitrogen and oxygen atoms in total. The number of quaternary nitrogens is 1. The van der Waals surface area contributed by atoms with E-state index in [2.05, 4.69) is 13.8 Å². The second-order valence-electron chi connectivity index (χ2n) is 4.27. The number of hydrogen-bond acceptors (Lipinski definition) is 0. The van der Waals surface area contributed by atoms with Gasteiger partial charge in [0.15, 0.2) is 0 Å². The van der Waals surface area contributed by atoms with Crippen LogP contribution in [0.1, 0.15) is 13.8 Å². The fourth-order valence-corrected chi connectivity index (χ4v) is 2.23. The topological polar surface area (TPSA) is 0 Å². The van der Waals surface area contributed by atoms with Gasteiger partial charge in [0, 0.05) is 0 Å². The molecule has 2 fully saturated rings. The second-order valence-corrected chi connectivity index (χ2v) is 4.27. The Morgan fingerprint density at radius 3 is 1.75 bits per heavy atom. The largest absolute Gasteiger partial charge is 0.313 e. The average molecular weight is 112 g/mol. The molecule has 0 N–H and O–H groups in total. The van der Waals surface area contributed by atoms with Crippen molar-refractivity contribution in [3.63, 3.8) is 0 Å². The first-order valence-electron chi connectivity index (χ1n) is 3.47. The fraction of sp³-hybridized carbons (Fsp3) is 1.00. The molecule has 0 aromatic carbocycles. The minimum atomic E-state index is 0.691. The van der Waals surface area contributed by atoms with Crippen LogP contribution in [0.25, 0.3) is 0 Å². The molecule has 2 saturated heterocycles. The van der Waals surface area contributed by atoms with E-state index >= 15 is 0 Å². The summed E-state index contributed by atoms with van der Waals surface area (Å²) in [5.74, 6) is 0. The lowest BCUT2D eigenvalue weighted by molar-refractivity contribution is -0.866. The van der Waals surface area contributed by atoms with Crippen molar-refractivity contribution < 1.29 is 4.48 Å². The lowest BCUT2D eigenvalue weighted by atomic mass is 9.84. The first-order chi connectivity index (χ1) is 3.62. The van der Waals surface area contributed by atoms with E-state index in [1.54, 1.807) is 0 Å². The Bertz CT molecular complexity index is 110. The molecule has 0 radical (unpaired) electrons. The summed E-state index contributed by atoms with van der Waals surface area (Å²) in [6.07, 6.45) is 0. The molecule has 0 atom stereocenters. The molecule has 2 aliphatic heterocycles. The summed E-state index contributed by atoms with van der Waals surface area (Å²) in [7, 11) is 0. The Hall–Kier alpha value is -0.0400. The van der Waals surface area contributed by atoms with Crippen molar-refractivity contribution >= 4 is 0 Å². The van der Waals surface area contributed by atoms with Crippen LogP contribution in [0.5, 0.6) is 0 Å². The third-order valence-corrected chi connectivity index (χ3v) is 2.38. The molecule has 0 bridgehead atoms. The SMILES string of the molecule is CC1(C)C[N+]2(CC2)C1. The van der Waals surface area contributed by atoms with Gasteiger partial charge in [0.25, 0.3) is 0 Å². The highest BCUT2D eigenvalue weighted by Gasteiger charge is 2.57. The summed E-state index contributed by atoms with van der Waals surface area (Å²) >= 11 is 0. The Morgan fingerprint density at radius 2 is 1.62 bits per heavy atom. The van der Waals surface area contributed by atoms with E-state index in [1.165, 1.54) is 30.7 Å². The smallest absolute Gasteiger partial charge is 0.129 e. The van der Waals surface area contributed by atoms with Gasteiger partial charge in [0.05, 0.1) is 18.5 Å². The van der Waals surface area contributed by atoms with Crippen LogP contribution >= 0.6 is 0 Å². The van der Waals surface area contributed by atoms with Crippen LogP contribution in [-0.4, -0.2) is 30.7 Å². The van der Waals surface area contributed by atoms with Crippen LogP contribution < -0.4 is 0 Å².